The first kappa shape index (κ1) is 17.8. The third-order valence-electron chi connectivity index (χ3n) is 3.44. The van der Waals surface area contributed by atoms with E-state index in [9.17, 15) is 8.78 Å². The molecule has 3 rings (SSSR count). The summed E-state index contributed by atoms with van der Waals surface area (Å²) in [6.45, 7) is 0. The van der Waals surface area contributed by atoms with Crippen molar-refractivity contribution < 1.29 is 8.78 Å². The number of hydrogen-bond donors (Lipinski definition) is 0. The number of halogens is 3. The lowest BCUT2D eigenvalue weighted by Crippen LogP contribution is -2.23. The Morgan fingerprint density at radius 3 is 1.52 bits per heavy atom. The first-order valence-corrected chi connectivity index (χ1v) is 8.39. The average molecular weight is 393 g/mol. The van der Waals surface area contributed by atoms with E-state index >= 15 is 0 Å². The van der Waals surface area contributed by atoms with E-state index in [0.29, 0.717) is 0 Å². The molecule has 4 heteroatoms. The van der Waals surface area contributed by atoms with Gasteiger partial charge in [-0.15, -0.1) is 17.0 Å². The highest BCUT2D eigenvalue weighted by Crippen LogP contribution is 2.36. The summed E-state index contributed by atoms with van der Waals surface area (Å²) in [4.78, 5) is 0. The fraction of sp³-hybridized carbons (Fsp3) is 0.0526. The molecule has 23 heavy (non-hydrogen) atoms. The molecule has 0 saturated heterocycles. The Bertz CT molecular complexity index is 693. The minimum Gasteiger partial charge on any atom is -0.205 e. The van der Waals surface area contributed by atoms with Crippen molar-refractivity contribution in [3.05, 3.63) is 90.5 Å². The molecule has 0 atom stereocenters. The average Bonchev–Trinajstić information content (AvgIpc) is 2.57. The maximum absolute atomic E-state index is 13.4. The van der Waals surface area contributed by atoms with E-state index in [0.717, 1.165) is 15.9 Å². The van der Waals surface area contributed by atoms with Crippen LogP contribution < -0.4 is 15.9 Å². The van der Waals surface area contributed by atoms with Crippen molar-refractivity contribution in [1.29, 1.82) is 0 Å². The Hall–Kier alpha value is -1.57. The molecule has 0 saturated carbocycles. The molecule has 0 spiro atoms. The molecule has 118 valence electrons. The third-order valence-corrected chi connectivity index (χ3v) is 5.96. The van der Waals surface area contributed by atoms with E-state index in [2.05, 4.69) is 0 Å². The van der Waals surface area contributed by atoms with Crippen LogP contribution in [-0.4, -0.2) is 0 Å². The molecule has 0 aliphatic rings. The van der Waals surface area contributed by atoms with Crippen molar-refractivity contribution in [2.45, 2.75) is 6.43 Å². The molecule has 3 aromatic rings. The Morgan fingerprint density at radius 2 is 1.04 bits per heavy atom. The normalized spacial score (nSPS) is 10.6. The topological polar surface area (TPSA) is 0 Å². The molecular formula is C19H16BrF2P. The van der Waals surface area contributed by atoms with Crippen molar-refractivity contribution in [3.8, 4) is 0 Å². The fourth-order valence-electron chi connectivity index (χ4n) is 2.46. The standard InChI is InChI=1S/C19H15F2P.BrH/c20-19(21)17-13-7-8-14-18(17)22(15-9-3-1-4-10-15)16-11-5-2-6-12-16;/h1-14,19H;1H. The van der Waals surface area contributed by atoms with Crippen LogP contribution >= 0.6 is 24.9 Å². The van der Waals surface area contributed by atoms with Crippen molar-refractivity contribution in [1.82, 2.24) is 0 Å². The van der Waals surface area contributed by atoms with Crippen LogP contribution in [0.4, 0.5) is 8.78 Å². The smallest absolute Gasteiger partial charge is 0.205 e. The molecule has 0 unspecified atom stereocenters. The van der Waals surface area contributed by atoms with Gasteiger partial charge in [-0.3, -0.25) is 0 Å². The Morgan fingerprint density at radius 1 is 0.609 bits per heavy atom. The van der Waals surface area contributed by atoms with E-state index in [-0.39, 0.29) is 22.5 Å². The van der Waals surface area contributed by atoms with Gasteiger partial charge in [-0.2, -0.15) is 0 Å². The highest BCUT2D eigenvalue weighted by molar-refractivity contribution is 8.93. The molecule has 0 nitrogen and oxygen atoms in total. The first-order chi connectivity index (χ1) is 10.8. The quantitative estimate of drug-likeness (QED) is 0.550. The van der Waals surface area contributed by atoms with E-state index in [4.69, 9.17) is 0 Å². The molecule has 0 amide bonds. The summed E-state index contributed by atoms with van der Waals surface area (Å²) in [6, 6.07) is 26.6. The highest BCUT2D eigenvalue weighted by Gasteiger charge is 2.22. The van der Waals surface area contributed by atoms with E-state index < -0.39 is 14.3 Å². The maximum Gasteiger partial charge on any atom is 0.264 e. The van der Waals surface area contributed by atoms with Crippen LogP contribution in [0.15, 0.2) is 84.9 Å². The predicted octanol–water partition coefficient (Wildman–Crippen LogP) is 4.96. The minimum absolute atomic E-state index is 0. The van der Waals surface area contributed by atoms with E-state index in [1.807, 2.05) is 72.8 Å². The van der Waals surface area contributed by atoms with Crippen LogP contribution in [0.3, 0.4) is 0 Å². The summed E-state index contributed by atoms with van der Waals surface area (Å²) in [6.07, 6.45) is -2.46. The summed E-state index contributed by atoms with van der Waals surface area (Å²) in [5.74, 6) is 0. The monoisotopic (exact) mass is 392 g/mol. The van der Waals surface area contributed by atoms with Gasteiger partial charge in [0.2, 0.25) is 0 Å². The largest absolute Gasteiger partial charge is 0.264 e. The van der Waals surface area contributed by atoms with Gasteiger partial charge >= 0.3 is 0 Å². The van der Waals surface area contributed by atoms with E-state index in [1.165, 1.54) is 6.07 Å². The second kappa shape index (κ2) is 8.33. The van der Waals surface area contributed by atoms with E-state index in [1.54, 1.807) is 6.07 Å². The van der Waals surface area contributed by atoms with Crippen molar-refractivity contribution in [2.24, 2.45) is 0 Å². The maximum atomic E-state index is 13.4. The molecule has 0 radical (unpaired) electrons. The third kappa shape index (κ3) is 4.04. The summed E-state index contributed by atoms with van der Waals surface area (Å²) in [5, 5.41) is 2.89. The molecule has 0 aliphatic carbocycles. The molecule has 0 N–H and O–H groups in total. The lowest BCUT2D eigenvalue weighted by atomic mass is 10.2. The van der Waals surface area contributed by atoms with Crippen molar-refractivity contribution in [3.63, 3.8) is 0 Å². The second-order valence-electron chi connectivity index (χ2n) is 4.87. The van der Waals surface area contributed by atoms with Gasteiger partial charge in [0.25, 0.3) is 6.43 Å². The van der Waals surface area contributed by atoms with Crippen molar-refractivity contribution in [2.75, 3.05) is 0 Å². The zero-order valence-corrected chi connectivity index (χ0v) is 14.9. The van der Waals surface area contributed by atoms with Gasteiger partial charge in [0.05, 0.1) is 0 Å². The summed E-state index contributed by atoms with van der Waals surface area (Å²) in [5.41, 5.74) is 0.126. The molecule has 0 heterocycles. The number of rotatable bonds is 4. The van der Waals surface area contributed by atoms with Gasteiger partial charge in [-0.05, 0) is 23.8 Å². The Balaban J connectivity index is 0.00000192. The van der Waals surface area contributed by atoms with Crippen LogP contribution in [0, 0.1) is 0 Å². The van der Waals surface area contributed by atoms with Gasteiger partial charge in [0.1, 0.15) is 0 Å². The molecule has 0 aliphatic heterocycles. The highest BCUT2D eigenvalue weighted by atomic mass is 79.9. The van der Waals surface area contributed by atoms with Gasteiger partial charge in [0, 0.05) is 5.56 Å². The zero-order chi connectivity index (χ0) is 15.4. The van der Waals surface area contributed by atoms with Gasteiger partial charge < -0.3 is 0 Å². The molecular weight excluding hydrogens is 377 g/mol. The Kier molecular flexibility index (Phi) is 6.44. The minimum atomic E-state index is -2.46. The summed E-state index contributed by atoms with van der Waals surface area (Å²) < 4.78 is 26.9. The lowest BCUT2D eigenvalue weighted by molar-refractivity contribution is 0.152. The Labute approximate surface area is 146 Å². The molecule has 0 fully saturated rings. The van der Waals surface area contributed by atoms with Crippen molar-refractivity contribution >= 4 is 40.8 Å². The van der Waals surface area contributed by atoms with Crippen LogP contribution in [0.2, 0.25) is 0 Å². The molecule has 0 bridgehead atoms. The first-order valence-electron chi connectivity index (χ1n) is 7.04. The lowest BCUT2D eigenvalue weighted by Gasteiger charge is -2.22. The number of hydrogen-bond acceptors (Lipinski definition) is 0. The fourth-order valence-corrected chi connectivity index (χ4v) is 4.92. The van der Waals surface area contributed by atoms with Crippen LogP contribution in [0.5, 0.6) is 0 Å². The predicted molar refractivity (Wildman–Crippen MR) is 100 cm³/mol. The molecule has 3 aromatic carbocycles. The SMILES string of the molecule is Br.FC(F)c1ccccc1P(c1ccccc1)c1ccccc1. The van der Waals surface area contributed by atoms with Gasteiger partial charge in [0.15, 0.2) is 0 Å². The molecule has 0 aromatic heterocycles. The van der Waals surface area contributed by atoms with Crippen LogP contribution in [0.1, 0.15) is 12.0 Å². The number of alkyl halides is 2. The second-order valence-corrected chi connectivity index (χ2v) is 7.05. The summed E-state index contributed by atoms with van der Waals surface area (Å²) >= 11 is 0. The number of benzene rings is 3. The zero-order valence-electron chi connectivity index (χ0n) is 12.3. The van der Waals surface area contributed by atoms with Crippen LogP contribution in [-0.2, 0) is 0 Å². The van der Waals surface area contributed by atoms with Gasteiger partial charge in [-0.25, -0.2) is 8.78 Å². The van der Waals surface area contributed by atoms with Gasteiger partial charge in [-0.1, -0.05) is 84.9 Å². The summed E-state index contributed by atoms with van der Waals surface area (Å²) in [7, 11) is -0.979. The van der Waals surface area contributed by atoms with Crippen LogP contribution in [0.25, 0.3) is 0 Å².